The zero-order valence-electron chi connectivity index (χ0n) is 83.1. The number of para-hydroxylation sites is 4. The number of fused-ring (bicyclic) bond motifs is 16. The molecular weight excluding hydrogens is 1690 g/mol. The van der Waals surface area contributed by atoms with Gasteiger partial charge in [0.15, 0.2) is 0 Å². The van der Waals surface area contributed by atoms with Crippen LogP contribution in [-0.2, 0) is 21.7 Å². The van der Waals surface area contributed by atoms with Crippen LogP contribution in [0, 0.1) is 0 Å². The Morgan fingerprint density at radius 1 is 0.171 bits per heavy atom. The fourth-order valence-electron chi connectivity index (χ4n) is 21.6. The molecule has 24 aromatic rings. The summed E-state index contributed by atoms with van der Waals surface area (Å²) >= 11 is 0. The molecule has 0 saturated heterocycles. The fraction of sp³-hybridized carbons (Fsp3) is 0.164. The van der Waals surface area contributed by atoms with E-state index in [1.807, 2.05) is 0 Å². The first-order chi connectivity index (χ1) is 67.5. The Morgan fingerprint density at radius 3 is 0.586 bits per heavy atom. The summed E-state index contributed by atoms with van der Waals surface area (Å²) in [6, 6.07) is 155. The summed E-state index contributed by atoms with van der Waals surface area (Å²) in [5.74, 6) is 0.933. The highest BCUT2D eigenvalue weighted by Gasteiger charge is 2.29. The van der Waals surface area contributed by atoms with Gasteiger partial charge in [-0.2, -0.15) is 0 Å². The number of aromatic nitrogens is 2. The second-order valence-electron chi connectivity index (χ2n) is 43.5. The molecule has 0 aliphatic carbocycles. The Labute approximate surface area is 822 Å². The van der Waals surface area contributed by atoms with Crippen LogP contribution >= 0.6 is 0 Å². The van der Waals surface area contributed by atoms with Gasteiger partial charge in [0, 0.05) is 111 Å². The highest BCUT2D eigenvalue weighted by molar-refractivity contribution is 6.29. The monoisotopic (exact) mass is 1810 g/mol. The fourth-order valence-corrected chi connectivity index (χ4v) is 21.6. The van der Waals surface area contributed by atoms with Gasteiger partial charge in [-0.25, -0.2) is 0 Å². The topological polar surface area (TPSA) is 21.8 Å². The van der Waals surface area contributed by atoms with Crippen molar-refractivity contribution in [2.24, 2.45) is 0 Å². The van der Waals surface area contributed by atoms with Crippen molar-refractivity contribution in [1.29, 1.82) is 0 Å². The van der Waals surface area contributed by atoms with Crippen LogP contribution < -0.4 is 19.6 Å². The lowest BCUT2D eigenvalue weighted by Gasteiger charge is -2.27. The summed E-state index contributed by atoms with van der Waals surface area (Å²) in [6.07, 6.45) is 0. The molecule has 0 aliphatic rings. The van der Waals surface area contributed by atoms with E-state index in [-0.39, 0.29) is 21.7 Å². The maximum absolute atomic E-state index is 2.56. The Hall–Kier alpha value is -15.8. The maximum Gasteiger partial charge on any atom is 0.0620 e. The van der Waals surface area contributed by atoms with Gasteiger partial charge < -0.3 is 28.4 Å². The van der Waals surface area contributed by atoms with Gasteiger partial charge in [-0.15, -0.1) is 0 Å². The van der Waals surface area contributed by atoms with Crippen LogP contribution in [0.5, 0.6) is 0 Å². The maximum atomic E-state index is 2.56. The van der Waals surface area contributed by atoms with Gasteiger partial charge in [-0.1, -0.05) is 305 Å². The Balaban J connectivity index is 0.000000156. The standard InChI is InChI=1S/C68H61N3.C66H57N3/c1-66(2,3)50-24-20-44(21-25-50)49-40-61-59-38-45-22-30-57(69(53-16-12-10-13-17-53)55-32-26-51(27-33-55)67(4,5)6)36-47(45)42-63(59)71-64-43-48-37-58(31-23-46(48)39-60(64)62(41-49)65(61)71)70(54-18-14-11-15-19-54)56-34-28-52(29-35-56)68(7,8)9;1-42(2)44-20-28-55(29-21-44)67(53-14-10-8-11-15-53)57-32-24-47-36-59-61-38-51(46-18-26-52(27-19-46)66(5,6)7)39-62-60-37-48-25-33-58(35-50(48)41-64(60)69(65(61)62)63(59)40-49(47)34-57)68(54-16-12-9-13-17-54)56-30-22-45(23-31-56)43(3)4/h10-43H,1-9H3;8-43H,1-7H3. The van der Waals surface area contributed by atoms with Crippen LogP contribution in [0.4, 0.5) is 68.2 Å². The molecule has 0 saturated carbocycles. The molecule has 0 radical (unpaired) electrons. The average Bonchev–Trinajstić information content (AvgIpc) is 1.53. The molecular formula is C134H118N6. The number of anilines is 12. The van der Waals surface area contributed by atoms with Crippen molar-refractivity contribution in [2.75, 3.05) is 19.6 Å². The molecule has 24 rings (SSSR count). The van der Waals surface area contributed by atoms with Crippen LogP contribution in [0.2, 0.25) is 0 Å². The van der Waals surface area contributed by atoms with Gasteiger partial charge in [0.1, 0.15) is 0 Å². The lowest BCUT2D eigenvalue weighted by molar-refractivity contribution is 0.590. The second-order valence-corrected chi connectivity index (χ2v) is 43.5. The van der Waals surface area contributed by atoms with E-state index in [2.05, 4.69) is 552 Å². The molecule has 4 heterocycles. The van der Waals surface area contributed by atoms with Crippen LogP contribution in [0.3, 0.4) is 0 Å². The molecule has 0 fully saturated rings. The third-order valence-corrected chi connectivity index (χ3v) is 29.4. The molecule has 0 amide bonds. The minimum atomic E-state index is 0.0682. The quantitative estimate of drug-likeness (QED) is 0.0961. The van der Waals surface area contributed by atoms with Crippen molar-refractivity contribution in [3.63, 3.8) is 0 Å². The number of hydrogen-bond donors (Lipinski definition) is 0. The molecule has 0 unspecified atom stereocenters. The van der Waals surface area contributed by atoms with E-state index in [1.54, 1.807) is 0 Å². The van der Waals surface area contributed by atoms with E-state index < -0.39 is 0 Å². The highest BCUT2D eigenvalue weighted by atomic mass is 15.2. The SMILES string of the molecule is CC(C)(C)c1ccc(-c2cc3c4cc5ccc(N(c6ccccc6)c6ccc(C(C)(C)C)cc6)cc5cc4n4c5cc6cc(N(c7ccccc7)c7ccc(C(C)(C)C)cc7)ccc6cc5c(c2)c34)cc1.CC(C)c1ccc(N(c2ccccc2)c2ccc3cc4c5cc(-c6ccc(C(C)(C)C)cc6)cc6c7cc8ccc(N(c9ccccc9)c9ccc(C(C)C)cc9)cc8cc7n(c4cc3c2)c56)cc1. The molecule has 6 nitrogen and oxygen atoms in total. The van der Waals surface area contributed by atoms with Gasteiger partial charge >= 0.3 is 0 Å². The Bertz CT molecular complexity index is 8360. The first-order valence-corrected chi connectivity index (χ1v) is 49.9. The predicted octanol–water partition coefficient (Wildman–Crippen LogP) is 38.9. The number of benzene rings is 20. The van der Waals surface area contributed by atoms with E-state index in [9.17, 15) is 0 Å². The number of nitrogens with zero attached hydrogens (tertiary/aromatic N) is 6. The average molecular weight is 1810 g/mol. The van der Waals surface area contributed by atoms with Crippen molar-refractivity contribution < 1.29 is 0 Å². The van der Waals surface area contributed by atoms with E-state index in [0.717, 1.165) is 68.2 Å². The minimum absolute atomic E-state index is 0.0682. The summed E-state index contributed by atoms with van der Waals surface area (Å²) in [4.78, 5) is 9.53. The molecule has 140 heavy (non-hydrogen) atoms. The Morgan fingerprint density at radius 2 is 0.371 bits per heavy atom. The zero-order valence-corrected chi connectivity index (χ0v) is 83.1. The lowest BCUT2D eigenvalue weighted by Crippen LogP contribution is -2.13. The summed E-state index contributed by atoms with van der Waals surface area (Å²) in [5, 5.41) is 19.9. The van der Waals surface area contributed by atoms with Gasteiger partial charge in [0.05, 0.1) is 33.1 Å². The molecule has 0 bridgehead atoms. The van der Waals surface area contributed by atoms with Gasteiger partial charge in [0.25, 0.3) is 0 Å². The second kappa shape index (κ2) is 34.1. The van der Waals surface area contributed by atoms with Crippen molar-refractivity contribution in [1.82, 2.24) is 8.80 Å². The Kier molecular flexibility index (Phi) is 21.5. The molecule has 20 aromatic carbocycles. The third kappa shape index (κ3) is 15.9. The van der Waals surface area contributed by atoms with Gasteiger partial charge in [-0.05, 0) is 351 Å². The van der Waals surface area contributed by atoms with Crippen molar-refractivity contribution >= 4 is 188 Å². The largest absolute Gasteiger partial charge is 0.310 e. The third-order valence-electron chi connectivity index (χ3n) is 29.4. The van der Waals surface area contributed by atoms with Crippen LogP contribution in [0.1, 0.15) is 156 Å². The van der Waals surface area contributed by atoms with Gasteiger partial charge in [-0.3, -0.25) is 0 Å². The summed E-state index contributed by atoms with van der Waals surface area (Å²) in [5.41, 5.74) is 34.2. The summed E-state index contributed by atoms with van der Waals surface area (Å²) in [7, 11) is 0. The number of rotatable bonds is 16. The van der Waals surface area contributed by atoms with Crippen LogP contribution in [0.15, 0.2) is 413 Å². The minimum Gasteiger partial charge on any atom is -0.310 e. The van der Waals surface area contributed by atoms with E-state index in [1.165, 1.54) is 175 Å². The molecule has 0 atom stereocenters. The number of hydrogen-bond acceptors (Lipinski definition) is 4. The van der Waals surface area contributed by atoms with Crippen molar-refractivity contribution in [3.8, 4) is 22.3 Å². The van der Waals surface area contributed by atoms with Crippen LogP contribution in [0.25, 0.3) is 142 Å². The summed E-state index contributed by atoms with van der Waals surface area (Å²) in [6.45, 7) is 36.4. The smallest absolute Gasteiger partial charge is 0.0620 e. The van der Waals surface area contributed by atoms with E-state index >= 15 is 0 Å². The van der Waals surface area contributed by atoms with E-state index in [4.69, 9.17) is 0 Å². The van der Waals surface area contributed by atoms with Crippen molar-refractivity contribution in [2.45, 2.75) is 144 Å². The first kappa shape index (κ1) is 88.2. The molecule has 0 spiro atoms. The molecule has 4 aromatic heterocycles. The lowest BCUT2D eigenvalue weighted by atomic mass is 9.86. The molecule has 0 aliphatic heterocycles. The predicted molar refractivity (Wildman–Crippen MR) is 605 cm³/mol. The first-order valence-electron chi connectivity index (χ1n) is 49.9. The van der Waals surface area contributed by atoms with Crippen LogP contribution in [-0.4, -0.2) is 8.80 Å². The molecule has 684 valence electrons. The van der Waals surface area contributed by atoms with Gasteiger partial charge in [0.2, 0.25) is 0 Å². The zero-order chi connectivity index (χ0) is 96.1. The normalized spacial score (nSPS) is 12.4. The summed E-state index contributed by atoms with van der Waals surface area (Å²) < 4.78 is 5.11. The van der Waals surface area contributed by atoms with Crippen molar-refractivity contribution in [3.05, 3.63) is 446 Å². The molecule has 0 N–H and O–H groups in total. The molecule has 6 heteroatoms. The highest BCUT2D eigenvalue weighted by Crippen LogP contribution is 2.51. The van der Waals surface area contributed by atoms with E-state index in [0.29, 0.717) is 11.8 Å².